The zero-order valence-corrected chi connectivity index (χ0v) is 11.0. The van der Waals surface area contributed by atoms with Crippen LogP contribution in [0.3, 0.4) is 0 Å². The minimum atomic E-state index is -0.879. The molecule has 6 nitrogen and oxygen atoms in total. The molecule has 0 aliphatic rings. The zero-order valence-electron chi connectivity index (χ0n) is 11.0. The number of nitrogens with one attached hydrogen (secondary N) is 1. The smallest absolute Gasteiger partial charge is 0.303 e. The number of hydrogen-bond acceptors (Lipinski definition) is 4. The first-order valence-electron chi connectivity index (χ1n) is 6.12. The Labute approximate surface area is 111 Å². The lowest BCUT2D eigenvalue weighted by Crippen LogP contribution is -2.26. The second kappa shape index (κ2) is 7.35. The van der Waals surface area contributed by atoms with Crippen molar-refractivity contribution in [1.29, 1.82) is 0 Å². The highest BCUT2D eigenvalue weighted by atomic mass is 16.5. The fourth-order valence-corrected chi connectivity index (χ4v) is 1.44. The SMILES string of the molecule is CC(C)Oc1cccnc1C(=O)NCCCC(=O)O. The van der Waals surface area contributed by atoms with Gasteiger partial charge in [0.2, 0.25) is 0 Å². The lowest BCUT2D eigenvalue weighted by atomic mass is 10.2. The molecule has 1 rings (SSSR count). The van der Waals surface area contributed by atoms with Gasteiger partial charge < -0.3 is 15.2 Å². The van der Waals surface area contributed by atoms with E-state index < -0.39 is 5.97 Å². The Kier molecular flexibility index (Phi) is 5.78. The number of aromatic nitrogens is 1. The summed E-state index contributed by atoms with van der Waals surface area (Å²) in [4.78, 5) is 26.2. The first-order chi connectivity index (χ1) is 9.00. The van der Waals surface area contributed by atoms with Crippen LogP contribution in [0.4, 0.5) is 0 Å². The standard InChI is InChI=1S/C13H18N2O4/c1-9(2)19-10-5-3-7-14-12(10)13(18)15-8-4-6-11(16)17/h3,5,7,9H,4,6,8H2,1-2H3,(H,15,18)(H,16,17). The molecule has 0 bridgehead atoms. The third-order valence-corrected chi connectivity index (χ3v) is 2.20. The topological polar surface area (TPSA) is 88.5 Å². The number of carbonyl (C=O) groups excluding carboxylic acids is 1. The molecule has 0 fully saturated rings. The molecular weight excluding hydrogens is 248 g/mol. The van der Waals surface area contributed by atoms with Gasteiger partial charge in [-0.05, 0) is 32.4 Å². The van der Waals surface area contributed by atoms with Crippen LogP contribution < -0.4 is 10.1 Å². The van der Waals surface area contributed by atoms with Crippen LogP contribution in [-0.2, 0) is 4.79 Å². The monoisotopic (exact) mass is 266 g/mol. The van der Waals surface area contributed by atoms with E-state index in [0.29, 0.717) is 18.7 Å². The first kappa shape index (κ1) is 14.9. The van der Waals surface area contributed by atoms with Crippen LogP contribution in [0.25, 0.3) is 0 Å². The van der Waals surface area contributed by atoms with Gasteiger partial charge in [-0.3, -0.25) is 9.59 Å². The predicted molar refractivity (Wildman–Crippen MR) is 69.2 cm³/mol. The van der Waals surface area contributed by atoms with Crippen molar-refractivity contribution in [2.24, 2.45) is 0 Å². The van der Waals surface area contributed by atoms with Gasteiger partial charge in [-0.25, -0.2) is 4.98 Å². The van der Waals surface area contributed by atoms with E-state index in [9.17, 15) is 9.59 Å². The number of rotatable bonds is 7. The van der Waals surface area contributed by atoms with E-state index in [2.05, 4.69) is 10.3 Å². The summed E-state index contributed by atoms with van der Waals surface area (Å²) in [5.41, 5.74) is 0.214. The summed E-state index contributed by atoms with van der Waals surface area (Å²) in [6.07, 6.45) is 1.87. The molecule has 0 unspecified atom stereocenters. The van der Waals surface area contributed by atoms with Crippen molar-refractivity contribution in [2.45, 2.75) is 32.8 Å². The Morgan fingerprint density at radius 1 is 1.47 bits per heavy atom. The molecule has 19 heavy (non-hydrogen) atoms. The number of pyridine rings is 1. The molecule has 1 aromatic heterocycles. The Morgan fingerprint density at radius 2 is 2.21 bits per heavy atom. The van der Waals surface area contributed by atoms with Crippen LogP contribution in [0.5, 0.6) is 5.75 Å². The van der Waals surface area contributed by atoms with Crippen molar-refractivity contribution in [3.8, 4) is 5.75 Å². The van der Waals surface area contributed by atoms with Crippen molar-refractivity contribution in [3.63, 3.8) is 0 Å². The third-order valence-electron chi connectivity index (χ3n) is 2.20. The minimum absolute atomic E-state index is 0.0256. The quantitative estimate of drug-likeness (QED) is 0.729. The molecule has 2 N–H and O–H groups in total. The highest BCUT2D eigenvalue weighted by molar-refractivity contribution is 5.94. The molecule has 1 heterocycles. The van der Waals surface area contributed by atoms with Crippen molar-refractivity contribution < 1.29 is 19.4 Å². The number of aliphatic carboxylic acids is 1. The summed E-state index contributed by atoms with van der Waals surface area (Å²) in [6.45, 7) is 4.02. The Morgan fingerprint density at radius 3 is 2.84 bits per heavy atom. The summed E-state index contributed by atoms with van der Waals surface area (Å²) in [7, 11) is 0. The van der Waals surface area contributed by atoms with Crippen molar-refractivity contribution >= 4 is 11.9 Å². The van der Waals surface area contributed by atoms with Crippen LogP contribution in [0.1, 0.15) is 37.2 Å². The lowest BCUT2D eigenvalue weighted by Gasteiger charge is -2.12. The van der Waals surface area contributed by atoms with Gasteiger partial charge in [0, 0.05) is 19.2 Å². The number of amides is 1. The van der Waals surface area contributed by atoms with Crippen LogP contribution in [0, 0.1) is 0 Å². The molecule has 1 aromatic rings. The molecule has 6 heteroatoms. The lowest BCUT2D eigenvalue weighted by molar-refractivity contribution is -0.137. The third kappa shape index (κ3) is 5.37. The molecule has 0 aliphatic heterocycles. The summed E-state index contributed by atoms with van der Waals surface area (Å²) in [6, 6.07) is 3.37. The maximum Gasteiger partial charge on any atom is 0.303 e. The Hall–Kier alpha value is -2.11. The van der Waals surface area contributed by atoms with Gasteiger partial charge in [0.15, 0.2) is 11.4 Å². The van der Waals surface area contributed by atoms with Crippen molar-refractivity contribution in [2.75, 3.05) is 6.54 Å². The molecule has 104 valence electrons. The molecule has 0 saturated heterocycles. The van der Waals surface area contributed by atoms with Gasteiger partial charge in [-0.1, -0.05) is 0 Å². The second-order valence-corrected chi connectivity index (χ2v) is 4.27. The van der Waals surface area contributed by atoms with E-state index >= 15 is 0 Å². The van der Waals surface area contributed by atoms with Gasteiger partial charge in [0.05, 0.1) is 6.10 Å². The maximum absolute atomic E-state index is 11.9. The van der Waals surface area contributed by atoms with E-state index in [0.717, 1.165) is 0 Å². The molecule has 0 aromatic carbocycles. The summed E-state index contributed by atoms with van der Waals surface area (Å²) in [5, 5.41) is 11.1. The van der Waals surface area contributed by atoms with Gasteiger partial charge in [-0.15, -0.1) is 0 Å². The van der Waals surface area contributed by atoms with E-state index in [1.165, 1.54) is 6.20 Å². The Bertz CT molecular complexity index is 446. The van der Waals surface area contributed by atoms with Gasteiger partial charge in [0.25, 0.3) is 5.91 Å². The molecule has 0 radical (unpaired) electrons. The molecule has 0 aliphatic carbocycles. The normalized spacial score (nSPS) is 10.3. The number of carboxylic acids is 1. The average Bonchev–Trinajstić information content (AvgIpc) is 2.34. The van der Waals surface area contributed by atoms with Crippen molar-refractivity contribution in [1.82, 2.24) is 10.3 Å². The highest BCUT2D eigenvalue weighted by Crippen LogP contribution is 2.16. The van der Waals surface area contributed by atoms with E-state index in [-0.39, 0.29) is 24.1 Å². The van der Waals surface area contributed by atoms with Crippen molar-refractivity contribution in [3.05, 3.63) is 24.0 Å². The largest absolute Gasteiger partial charge is 0.489 e. The number of hydrogen-bond donors (Lipinski definition) is 2. The minimum Gasteiger partial charge on any atom is -0.489 e. The second-order valence-electron chi connectivity index (χ2n) is 4.27. The highest BCUT2D eigenvalue weighted by Gasteiger charge is 2.14. The maximum atomic E-state index is 11.9. The van der Waals surface area contributed by atoms with Crippen LogP contribution >= 0.6 is 0 Å². The van der Waals surface area contributed by atoms with Crippen LogP contribution in [0.2, 0.25) is 0 Å². The van der Waals surface area contributed by atoms with E-state index in [4.69, 9.17) is 9.84 Å². The number of carbonyl (C=O) groups is 2. The van der Waals surface area contributed by atoms with E-state index in [1.54, 1.807) is 12.1 Å². The number of nitrogens with zero attached hydrogens (tertiary/aromatic N) is 1. The molecule has 0 spiro atoms. The number of carboxylic acid groups (broad SMARTS) is 1. The summed E-state index contributed by atoms with van der Waals surface area (Å²) < 4.78 is 5.49. The average molecular weight is 266 g/mol. The first-order valence-corrected chi connectivity index (χ1v) is 6.12. The predicted octanol–water partition coefficient (Wildman–Crippen LogP) is 1.46. The zero-order chi connectivity index (χ0) is 14.3. The molecular formula is C13H18N2O4. The van der Waals surface area contributed by atoms with Gasteiger partial charge >= 0.3 is 5.97 Å². The summed E-state index contributed by atoms with van der Waals surface area (Å²) in [5.74, 6) is -0.814. The molecule has 1 amide bonds. The molecule has 0 atom stereocenters. The van der Waals surface area contributed by atoms with Crippen LogP contribution in [0.15, 0.2) is 18.3 Å². The van der Waals surface area contributed by atoms with E-state index in [1.807, 2.05) is 13.8 Å². The molecule has 0 saturated carbocycles. The fourth-order valence-electron chi connectivity index (χ4n) is 1.44. The fraction of sp³-hybridized carbons (Fsp3) is 0.462. The number of ether oxygens (including phenoxy) is 1. The van der Waals surface area contributed by atoms with Crippen LogP contribution in [-0.4, -0.2) is 34.6 Å². The summed E-state index contributed by atoms with van der Waals surface area (Å²) >= 11 is 0. The Balaban J connectivity index is 2.58. The van der Waals surface area contributed by atoms with Gasteiger partial charge in [0.1, 0.15) is 0 Å². The van der Waals surface area contributed by atoms with Gasteiger partial charge in [-0.2, -0.15) is 0 Å².